The van der Waals surface area contributed by atoms with Crippen molar-refractivity contribution in [1.82, 2.24) is 19.1 Å². The first kappa shape index (κ1) is 28.5. The fourth-order valence-corrected chi connectivity index (χ4v) is 8.60. The van der Waals surface area contributed by atoms with Crippen molar-refractivity contribution in [3.05, 3.63) is 170 Å². The summed E-state index contributed by atoms with van der Waals surface area (Å²) >= 11 is 0. The summed E-state index contributed by atoms with van der Waals surface area (Å²) in [4.78, 5) is 10.8. The molecule has 0 saturated carbocycles. The second-order valence-electron chi connectivity index (χ2n) is 13.8. The normalized spacial score (nSPS) is 12.2. The van der Waals surface area contributed by atoms with Crippen LogP contribution in [-0.2, 0) is 0 Å². The summed E-state index contributed by atoms with van der Waals surface area (Å²) in [5.41, 5.74) is 9.86. The number of nitrogens with zero attached hydrogens (tertiary/aromatic N) is 4. The Morgan fingerprint density at radius 2 is 1.11 bits per heavy atom. The average Bonchev–Trinajstić information content (AvgIpc) is 3.88. The van der Waals surface area contributed by atoms with Gasteiger partial charge in [0.05, 0.1) is 27.8 Å². The lowest BCUT2D eigenvalue weighted by molar-refractivity contribution is 0.671. The van der Waals surface area contributed by atoms with Crippen LogP contribution in [0.15, 0.2) is 174 Å². The number of fused-ring (bicyclic) bond motifs is 13. The number of para-hydroxylation sites is 3. The minimum absolute atomic E-state index is 0.599. The SMILES string of the molecule is c1ccc(-c2nc(-n3c4cc5c(cc4c4ccc6c(oc7ccc8ccccc8c76)c43)c3ccccc3n5-c3ccccc3)nc3ccccc23)cc1. The molecule has 0 aliphatic rings. The monoisotopic (exact) mass is 676 g/mol. The predicted octanol–water partition coefficient (Wildman–Crippen LogP) is 12.5. The molecule has 0 fully saturated rings. The highest BCUT2D eigenvalue weighted by Crippen LogP contribution is 2.44. The fourth-order valence-electron chi connectivity index (χ4n) is 8.60. The van der Waals surface area contributed by atoms with Gasteiger partial charge in [-0.15, -0.1) is 0 Å². The zero-order chi connectivity index (χ0) is 34.6. The van der Waals surface area contributed by atoms with E-state index in [1.165, 1.54) is 21.5 Å². The molecule has 8 aromatic carbocycles. The number of aromatic nitrogens is 4. The van der Waals surface area contributed by atoms with Crippen molar-refractivity contribution in [2.45, 2.75) is 0 Å². The molecule has 246 valence electrons. The zero-order valence-electron chi connectivity index (χ0n) is 28.4. The first-order chi connectivity index (χ1) is 26.3. The molecule has 53 heavy (non-hydrogen) atoms. The fraction of sp³-hybridized carbons (Fsp3) is 0. The van der Waals surface area contributed by atoms with Gasteiger partial charge in [-0.05, 0) is 59.3 Å². The van der Waals surface area contributed by atoms with Crippen LogP contribution < -0.4 is 0 Å². The number of rotatable bonds is 3. The van der Waals surface area contributed by atoms with Crippen LogP contribution in [0.1, 0.15) is 0 Å². The Balaban J connectivity index is 1.30. The molecule has 0 radical (unpaired) electrons. The van der Waals surface area contributed by atoms with Gasteiger partial charge < -0.3 is 8.98 Å². The summed E-state index contributed by atoms with van der Waals surface area (Å²) in [6.07, 6.45) is 0. The minimum atomic E-state index is 0.599. The molecule has 0 N–H and O–H groups in total. The molecule has 4 aromatic heterocycles. The van der Waals surface area contributed by atoms with Gasteiger partial charge in [-0.2, -0.15) is 0 Å². The maximum atomic E-state index is 6.93. The molecule has 0 saturated heterocycles. The van der Waals surface area contributed by atoms with Crippen LogP contribution in [0.3, 0.4) is 0 Å². The van der Waals surface area contributed by atoms with Crippen molar-refractivity contribution in [3.8, 4) is 22.9 Å². The van der Waals surface area contributed by atoms with Gasteiger partial charge in [0.2, 0.25) is 5.95 Å². The molecule has 0 bridgehead atoms. The number of hydrogen-bond donors (Lipinski definition) is 0. The summed E-state index contributed by atoms with van der Waals surface area (Å²) in [5.74, 6) is 0.599. The van der Waals surface area contributed by atoms with E-state index >= 15 is 0 Å². The molecule has 0 atom stereocenters. The zero-order valence-corrected chi connectivity index (χ0v) is 28.4. The van der Waals surface area contributed by atoms with Crippen molar-refractivity contribution in [1.29, 1.82) is 0 Å². The third-order valence-electron chi connectivity index (χ3n) is 10.9. The van der Waals surface area contributed by atoms with E-state index in [0.717, 1.165) is 82.6 Å². The Bertz CT molecular complexity index is 3450. The second-order valence-corrected chi connectivity index (χ2v) is 13.8. The van der Waals surface area contributed by atoms with Gasteiger partial charge >= 0.3 is 0 Å². The largest absolute Gasteiger partial charge is 0.454 e. The third kappa shape index (κ3) is 3.96. The Morgan fingerprint density at radius 1 is 0.434 bits per heavy atom. The molecule has 5 heteroatoms. The lowest BCUT2D eigenvalue weighted by Crippen LogP contribution is -2.04. The second kappa shape index (κ2) is 10.6. The predicted molar refractivity (Wildman–Crippen MR) is 218 cm³/mol. The van der Waals surface area contributed by atoms with Crippen LogP contribution >= 0.6 is 0 Å². The molecule has 0 amide bonds. The molecule has 0 aliphatic heterocycles. The van der Waals surface area contributed by atoms with E-state index < -0.39 is 0 Å². The van der Waals surface area contributed by atoms with E-state index in [2.05, 4.69) is 167 Å². The van der Waals surface area contributed by atoms with Crippen molar-refractivity contribution < 1.29 is 4.42 Å². The Kier molecular flexibility index (Phi) is 5.71. The van der Waals surface area contributed by atoms with Gasteiger partial charge in [-0.1, -0.05) is 121 Å². The van der Waals surface area contributed by atoms with Gasteiger partial charge in [-0.25, -0.2) is 9.97 Å². The molecule has 0 spiro atoms. The smallest absolute Gasteiger partial charge is 0.235 e. The van der Waals surface area contributed by atoms with Gasteiger partial charge in [0.25, 0.3) is 0 Å². The standard InChI is InChI=1S/C48H28N4O/c1-3-14-30(15-4-1)45-35-20-9-11-21-39(35)49-48(50-45)52-42-28-41-37(33-19-10-12-22-40(33)51(41)31-16-5-2-6-17-31)27-38(42)34-24-25-36-44-32-18-8-7-13-29(32)23-26-43(44)53-47(36)46(34)52/h1-28H. The van der Waals surface area contributed by atoms with E-state index in [1.807, 2.05) is 12.1 Å². The number of furan rings is 1. The maximum absolute atomic E-state index is 6.93. The molecule has 12 rings (SSSR count). The van der Waals surface area contributed by atoms with E-state index in [0.29, 0.717) is 5.95 Å². The van der Waals surface area contributed by atoms with Gasteiger partial charge in [0, 0.05) is 49.0 Å². The van der Waals surface area contributed by atoms with Crippen molar-refractivity contribution in [2.75, 3.05) is 0 Å². The van der Waals surface area contributed by atoms with Crippen molar-refractivity contribution in [3.63, 3.8) is 0 Å². The molecule has 0 aliphatic carbocycles. The lowest BCUT2D eigenvalue weighted by Gasteiger charge is -2.12. The first-order valence-corrected chi connectivity index (χ1v) is 17.9. The van der Waals surface area contributed by atoms with E-state index in [9.17, 15) is 0 Å². The van der Waals surface area contributed by atoms with Crippen LogP contribution in [0.2, 0.25) is 0 Å². The topological polar surface area (TPSA) is 48.8 Å². The van der Waals surface area contributed by atoms with Crippen LogP contribution in [-0.4, -0.2) is 19.1 Å². The molecule has 0 unspecified atom stereocenters. The molecule has 5 nitrogen and oxygen atoms in total. The quantitative estimate of drug-likeness (QED) is 0.187. The van der Waals surface area contributed by atoms with Gasteiger partial charge in [-0.3, -0.25) is 4.57 Å². The summed E-state index contributed by atoms with van der Waals surface area (Å²) in [7, 11) is 0. The molecular weight excluding hydrogens is 649 g/mol. The Morgan fingerprint density at radius 3 is 1.98 bits per heavy atom. The number of hydrogen-bond acceptors (Lipinski definition) is 3. The van der Waals surface area contributed by atoms with Crippen LogP contribution in [0.25, 0.3) is 110 Å². The van der Waals surface area contributed by atoms with Gasteiger partial charge in [0.15, 0.2) is 5.58 Å². The summed E-state index contributed by atoms with van der Waals surface area (Å²) < 4.78 is 11.5. The molecule has 4 heterocycles. The first-order valence-electron chi connectivity index (χ1n) is 17.9. The summed E-state index contributed by atoms with van der Waals surface area (Å²) in [6.45, 7) is 0. The average molecular weight is 677 g/mol. The highest BCUT2D eigenvalue weighted by atomic mass is 16.3. The van der Waals surface area contributed by atoms with Crippen molar-refractivity contribution >= 4 is 87.2 Å². The van der Waals surface area contributed by atoms with E-state index in [1.54, 1.807) is 0 Å². The highest BCUT2D eigenvalue weighted by molar-refractivity contribution is 6.27. The molecule has 12 aromatic rings. The maximum Gasteiger partial charge on any atom is 0.235 e. The van der Waals surface area contributed by atoms with Crippen molar-refractivity contribution in [2.24, 2.45) is 0 Å². The third-order valence-corrected chi connectivity index (χ3v) is 10.9. The Hall–Kier alpha value is -7.24. The van der Waals surface area contributed by atoms with Crippen LogP contribution in [0, 0.1) is 0 Å². The summed E-state index contributed by atoms with van der Waals surface area (Å²) in [6, 6.07) is 59.9. The van der Waals surface area contributed by atoms with Crippen LogP contribution in [0.5, 0.6) is 0 Å². The van der Waals surface area contributed by atoms with Crippen LogP contribution in [0.4, 0.5) is 0 Å². The molecular formula is C48H28N4O. The number of benzene rings is 8. The lowest BCUT2D eigenvalue weighted by atomic mass is 10.0. The highest BCUT2D eigenvalue weighted by Gasteiger charge is 2.24. The Labute approximate surface area is 302 Å². The minimum Gasteiger partial charge on any atom is -0.454 e. The van der Waals surface area contributed by atoms with E-state index in [4.69, 9.17) is 14.4 Å². The summed E-state index contributed by atoms with van der Waals surface area (Å²) in [5, 5.41) is 10.2. The van der Waals surface area contributed by atoms with E-state index in [-0.39, 0.29) is 0 Å². The van der Waals surface area contributed by atoms with Gasteiger partial charge in [0.1, 0.15) is 11.1 Å².